The zero-order valence-corrected chi connectivity index (χ0v) is 11.0. The van der Waals surface area contributed by atoms with Crippen LogP contribution in [0.4, 0.5) is 0 Å². The van der Waals surface area contributed by atoms with Gasteiger partial charge in [0.15, 0.2) is 9.84 Å². The van der Waals surface area contributed by atoms with Crippen LogP contribution in [0.25, 0.3) is 0 Å². The third-order valence-corrected chi connectivity index (χ3v) is 3.66. The van der Waals surface area contributed by atoms with Crippen molar-refractivity contribution in [3.05, 3.63) is 29.8 Å². The van der Waals surface area contributed by atoms with Gasteiger partial charge in [-0.15, -0.1) is 0 Å². The third-order valence-electron chi connectivity index (χ3n) is 2.53. The Hall–Kier alpha value is -1.36. The molecule has 1 aromatic carbocycles. The standard InChI is InChI=1S/C12H17NO3S/c1-4-9(2)13-12(14)10-5-7-11(8-6-10)17(3,15)16/h5-9H,4H2,1-3H3,(H,13,14). The molecule has 94 valence electrons. The minimum absolute atomic E-state index is 0.108. The van der Waals surface area contributed by atoms with E-state index in [-0.39, 0.29) is 16.8 Å². The topological polar surface area (TPSA) is 63.2 Å². The van der Waals surface area contributed by atoms with Crippen molar-refractivity contribution in [3.63, 3.8) is 0 Å². The quantitative estimate of drug-likeness (QED) is 0.889. The Bertz CT molecular complexity index is 491. The molecular formula is C12H17NO3S. The Morgan fingerprint density at radius 3 is 2.24 bits per heavy atom. The molecule has 1 rings (SSSR count). The molecular weight excluding hydrogens is 238 g/mol. The molecule has 0 spiro atoms. The highest BCUT2D eigenvalue weighted by Gasteiger charge is 2.10. The molecule has 5 heteroatoms. The maximum absolute atomic E-state index is 11.7. The molecule has 0 bridgehead atoms. The predicted molar refractivity (Wildman–Crippen MR) is 66.8 cm³/mol. The summed E-state index contributed by atoms with van der Waals surface area (Å²) in [5.74, 6) is -0.181. The van der Waals surface area contributed by atoms with Crippen LogP contribution in [0, 0.1) is 0 Å². The van der Waals surface area contributed by atoms with Gasteiger partial charge in [0.1, 0.15) is 0 Å². The van der Waals surface area contributed by atoms with Gasteiger partial charge in [0, 0.05) is 17.9 Å². The highest BCUT2D eigenvalue weighted by molar-refractivity contribution is 7.90. The molecule has 0 heterocycles. The van der Waals surface area contributed by atoms with Gasteiger partial charge in [-0.2, -0.15) is 0 Å². The molecule has 0 saturated heterocycles. The van der Waals surface area contributed by atoms with Crippen LogP contribution in [0.15, 0.2) is 29.2 Å². The molecule has 0 aromatic heterocycles. The minimum Gasteiger partial charge on any atom is -0.350 e. The largest absolute Gasteiger partial charge is 0.350 e. The first kappa shape index (κ1) is 13.7. The van der Waals surface area contributed by atoms with Crippen molar-refractivity contribution in [2.45, 2.75) is 31.2 Å². The summed E-state index contributed by atoms with van der Waals surface area (Å²) in [4.78, 5) is 11.9. The molecule has 0 radical (unpaired) electrons. The van der Waals surface area contributed by atoms with Gasteiger partial charge in [0.25, 0.3) is 5.91 Å². The average molecular weight is 255 g/mol. The highest BCUT2D eigenvalue weighted by atomic mass is 32.2. The number of amides is 1. The summed E-state index contributed by atoms with van der Waals surface area (Å²) in [7, 11) is -3.20. The maximum atomic E-state index is 11.7. The van der Waals surface area contributed by atoms with E-state index in [1.807, 2.05) is 13.8 Å². The second-order valence-electron chi connectivity index (χ2n) is 4.08. The Labute approximate surface area is 102 Å². The lowest BCUT2D eigenvalue weighted by Gasteiger charge is -2.11. The van der Waals surface area contributed by atoms with Crippen LogP contribution in [-0.2, 0) is 9.84 Å². The molecule has 1 N–H and O–H groups in total. The number of hydrogen-bond acceptors (Lipinski definition) is 3. The Morgan fingerprint density at radius 2 is 1.82 bits per heavy atom. The van der Waals surface area contributed by atoms with Gasteiger partial charge in [-0.05, 0) is 37.6 Å². The molecule has 0 aliphatic heterocycles. The van der Waals surface area contributed by atoms with E-state index < -0.39 is 9.84 Å². The predicted octanol–water partition coefficient (Wildman–Crippen LogP) is 1.62. The monoisotopic (exact) mass is 255 g/mol. The van der Waals surface area contributed by atoms with E-state index in [1.165, 1.54) is 24.3 Å². The van der Waals surface area contributed by atoms with Crippen molar-refractivity contribution in [3.8, 4) is 0 Å². The number of benzene rings is 1. The highest BCUT2D eigenvalue weighted by Crippen LogP contribution is 2.10. The molecule has 4 nitrogen and oxygen atoms in total. The first-order chi connectivity index (χ1) is 7.84. The number of hydrogen-bond donors (Lipinski definition) is 1. The second kappa shape index (κ2) is 5.31. The van der Waals surface area contributed by atoms with E-state index in [0.717, 1.165) is 12.7 Å². The fourth-order valence-corrected chi connectivity index (χ4v) is 1.89. The molecule has 0 saturated carbocycles. The van der Waals surface area contributed by atoms with E-state index in [0.29, 0.717) is 5.56 Å². The van der Waals surface area contributed by atoms with Crippen LogP contribution in [0.5, 0.6) is 0 Å². The number of carbonyl (C=O) groups excluding carboxylic acids is 1. The normalized spacial score (nSPS) is 13.1. The maximum Gasteiger partial charge on any atom is 0.251 e. The second-order valence-corrected chi connectivity index (χ2v) is 6.10. The zero-order chi connectivity index (χ0) is 13.1. The lowest BCUT2D eigenvalue weighted by atomic mass is 10.2. The van der Waals surface area contributed by atoms with Gasteiger partial charge in [0.05, 0.1) is 4.90 Å². The van der Waals surface area contributed by atoms with E-state index in [4.69, 9.17) is 0 Å². The Kier molecular flexibility index (Phi) is 4.28. The Balaban J connectivity index is 2.85. The van der Waals surface area contributed by atoms with E-state index in [9.17, 15) is 13.2 Å². The van der Waals surface area contributed by atoms with Crippen LogP contribution in [-0.4, -0.2) is 26.6 Å². The SMILES string of the molecule is CCC(C)NC(=O)c1ccc(S(C)(=O)=O)cc1. The van der Waals surface area contributed by atoms with Gasteiger partial charge in [0.2, 0.25) is 0 Å². The van der Waals surface area contributed by atoms with Crippen molar-refractivity contribution in [1.29, 1.82) is 0 Å². The molecule has 1 unspecified atom stereocenters. The number of nitrogens with one attached hydrogen (secondary N) is 1. The lowest BCUT2D eigenvalue weighted by molar-refractivity contribution is 0.0939. The summed E-state index contributed by atoms with van der Waals surface area (Å²) in [5.41, 5.74) is 0.470. The van der Waals surface area contributed by atoms with Crippen molar-refractivity contribution in [2.24, 2.45) is 0 Å². The lowest BCUT2D eigenvalue weighted by Crippen LogP contribution is -2.31. The molecule has 1 aromatic rings. The van der Waals surface area contributed by atoms with E-state index in [2.05, 4.69) is 5.32 Å². The van der Waals surface area contributed by atoms with Gasteiger partial charge in [-0.1, -0.05) is 6.92 Å². The number of sulfone groups is 1. The summed E-state index contributed by atoms with van der Waals surface area (Å²) < 4.78 is 22.5. The summed E-state index contributed by atoms with van der Waals surface area (Å²) in [6, 6.07) is 6.04. The summed E-state index contributed by atoms with van der Waals surface area (Å²) >= 11 is 0. The summed E-state index contributed by atoms with van der Waals surface area (Å²) in [6.07, 6.45) is 1.99. The van der Waals surface area contributed by atoms with Gasteiger partial charge in [-0.3, -0.25) is 4.79 Å². The third kappa shape index (κ3) is 3.85. The number of carbonyl (C=O) groups is 1. The van der Waals surface area contributed by atoms with Crippen molar-refractivity contribution in [2.75, 3.05) is 6.26 Å². The molecule has 1 atom stereocenters. The first-order valence-corrected chi connectivity index (χ1v) is 7.34. The molecule has 0 fully saturated rings. The van der Waals surface area contributed by atoms with Gasteiger partial charge >= 0.3 is 0 Å². The van der Waals surface area contributed by atoms with Crippen LogP contribution >= 0.6 is 0 Å². The van der Waals surface area contributed by atoms with Crippen molar-refractivity contribution >= 4 is 15.7 Å². The Morgan fingerprint density at radius 1 is 1.29 bits per heavy atom. The smallest absolute Gasteiger partial charge is 0.251 e. The molecule has 0 aliphatic carbocycles. The van der Waals surface area contributed by atoms with Crippen molar-refractivity contribution in [1.82, 2.24) is 5.32 Å². The minimum atomic E-state index is -3.20. The van der Waals surface area contributed by atoms with Crippen LogP contribution < -0.4 is 5.32 Å². The van der Waals surface area contributed by atoms with Crippen LogP contribution in [0.1, 0.15) is 30.6 Å². The fourth-order valence-electron chi connectivity index (χ4n) is 1.26. The first-order valence-electron chi connectivity index (χ1n) is 5.45. The number of rotatable bonds is 4. The van der Waals surface area contributed by atoms with Crippen LogP contribution in [0.2, 0.25) is 0 Å². The van der Waals surface area contributed by atoms with E-state index >= 15 is 0 Å². The fraction of sp³-hybridized carbons (Fsp3) is 0.417. The van der Waals surface area contributed by atoms with E-state index in [1.54, 1.807) is 0 Å². The van der Waals surface area contributed by atoms with Crippen LogP contribution in [0.3, 0.4) is 0 Å². The van der Waals surface area contributed by atoms with Crippen molar-refractivity contribution < 1.29 is 13.2 Å². The summed E-state index contributed by atoms with van der Waals surface area (Å²) in [6.45, 7) is 3.90. The molecule has 1 amide bonds. The molecule has 0 aliphatic rings. The van der Waals surface area contributed by atoms with Gasteiger partial charge < -0.3 is 5.32 Å². The van der Waals surface area contributed by atoms with Gasteiger partial charge in [-0.25, -0.2) is 8.42 Å². The zero-order valence-electron chi connectivity index (χ0n) is 10.2. The summed E-state index contributed by atoms with van der Waals surface area (Å²) in [5, 5.41) is 2.82. The average Bonchev–Trinajstić information content (AvgIpc) is 2.27. The molecule has 17 heavy (non-hydrogen) atoms.